The van der Waals surface area contributed by atoms with Crippen LogP contribution in [0.3, 0.4) is 0 Å². The van der Waals surface area contributed by atoms with Gasteiger partial charge in [-0.05, 0) is 24.0 Å². The Balaban J connectivity index is 1.48. The molecule has 3 aromatic rings. The average Bonchev–Trinajstić information content (AvgIpc) is 3.44. The van der Waals surface area contributed by atoms with Crippen molar-refractivity contribution in [2.45, 2.75) is 36.7 Å². The van der Waals surface area contributed by atoms with Gasteiger partial charge in [-0.3, -0.25) is 9.36 Å². The van der Waals surface area contributed by atoms with Crippen LogP contribution in [0, 0.1) is 0 Å². The van der Waals surface area contributed by atoms with Gasteiger partial charge in [-0.1, -0.05) is 72.4 Å². The van der Waals surface area contributed by atoms with E-state index in [1.165, 1.54) is 11.8 Å². The molecule has 1 saturated heterocycles. The second-order valence-corrected chi connectivity index (χ2v) is 8.52. The zero-order valence-electron chi connectivity index (χ0n) is 17.4. The number of ether oxygens (including phenoxy) is 1. The second kappa shape index (κ2) is 9.98. The number of nitrogens with one attached hydrogen (secondary N) is 1. The molecular weight excluding hydrogens is 412 g/mol. The molecule has 1 aliphatic rings. The summed E-state index contributed by atoms with van der Waals surface area (Å²) in [7, 11) is 1.82. The van der Waals surface area contributed by atoms with Crippen LogP contribution in [0.15, 0.2) is 70.6 Å². The van der Waals surface area contributed by atoms with Crippen molar-refractivity contribution in [1.82, 2.24) is 19.7 Å². The van der Waals surface area contributed by atoms with Crippen molar-refractivity contribution in [1.29, 1.82) is 0 Å². The van der Waals surface area contributed by atoms with E-state index in [0.717, 1.165) is 30.6 Å². The third kappa shape index (κ3) is 5.08. The molecule has 1 fully saturated rings. The highest BCUT2D eigenvalue weighted by Crippen LogP contribution is 2.28. The molecule has 0 radical (unpaired) electrons. The van der Waals surface area contributed by atoms with E-state index in [-0.39, 0.29) is 29.5 Å². The summed E-state index contributed by atoms with van der Waals surface area (Å²) in [6, 6.07) is 19.8. The van der Waals surface area contributed by atoms with E-state index in [4.69, 9.17) is 4.74 Å². The van der Waals surface area contributed by atoms with Gasteiger partial charge in [0.05, 0.1) is 24.4 Å². The molecular formula is C23H26N4O3S. The summed E-state index contributed by atoms with van der Waals surface area (Å²) in [4.78, 5) is 27.0. The Hall–Kier alpha value is -2.84. The summed E-state index contributed by atoms with van der Waals surface area (Å²) < 4.78 is 7.21. The Kier molecular flexibility index (Phi) is 6.89. The lowest BCUT2D eigenvalue weighted by molar-refractivity contribution is -0.128. The molecule has 0 aliphatic carbocycles. The summed E-state index contributed by atoms with van der Waals surface area (Å²) in [5, 5.41) is 7.12. The molecule has 0 bridgehead atoms. The summed E-state index contributed by atoms with van der Waals surface area (Å²) in [6.45, 7) is 1.18. The molecule has 162 valence electrons. The Labute approximate surface area is 185 Å². The molecule has 2 aromatic carbocycles. The molecule has 1 N–H and O–H groups in total. The molecule has 1 aliphatic heterocycles. The third-order valence-electron chi connectivity index (χ3n) is 5.47. The molecule has 2 heterocycles. The third-order valence-corrected chi connectivity index (χ3v) is 6.43. The van der Waals surface area contributed by atoms with E-state index in [1.807, 2.05) is 67.7 Å². The maximum atomic E-state index is 13.1. The van der Waals surface area contributed by atoms with Crippen LogP contribution in [0.1, 0.15) is 30.0 Å². The fraction of sp³-hybridized carbons (Fsp3) is 0.348. The highest BCUT2D eigenvalue weighted by Gasteiger charge is 2.25. The second-order valence-electron chi connectivity index (χ2n) is 7.57. The minimum atomic E-state index is -0.273. The van der Waals surface area contributed by atoms with Gasteiger partial charge in [0.2, 0.25) is 5.91 Å². The quantitative estimate of drug-likeness (QED) is 0.547. The Bertz CT molecular complexity index is 1010. The van der Waals surface area contributed by atoms with Crippen LogP contribution >= 0.6 is 11.8 Å². The van der Waals surface area contributed by atoms with E-state index < -0.39 is 0 Å². The fourth-order valence-corrected chi connectivity index (χ4v) is 4.73. The van der Waals surface area contributed by atoms with Gasteiger partial charge in [-0.25, -0.2) is 9.89 Å². The Morgan fingerprint density at radius 2 is 1.84 bits per heavy atom. The zero-order valence-corrected chi connectivity index (χ0v) is 18.3. The summed E-state index contributed by atoms with van der Waals surface area (Å²) in [6.07, 6.45) is 1.95. The minimum Gasteiger partial charge on any atom is -0.376 e. The summed E-state index contributed by atoms with van der Waals surface area (Å²) >= 11 is 1.27. The predicted octanol–water partition coefficient (Wildman–Crippen LogP) is 3.09. The normalized spacial score (nSPS) is 16.0. The molecule has 31 heavy (non-hydrogen) atoms. The minimum absolute atomic E-state index is 0.0218. The van der Waals surface area contributed by atoms with Crippen LogP contribution < -0.4 is 5.69 Å². The Morgan fingerprint density at radius 3 is 2.42 bits per heavy atom. The van der Waals surface area contributed by atoms with Gasteiger partial charge in [0.1, 0.15) is 0 Å². The molecule has 8 heteroatoms. The largest absolute Gasteiger partial charge is 0.376 e. The summed E-state index contributed by atoms with van der Waals surface area (Å²) in [5.74, 6) is 0.143. The van der Waals surface area contributed by atoms with Crippen molar-refractivity contribution in [3.05, 3.63) is 82.3 Å². The van der Waals surface area contributed by atoms with E-state index in [2.05, 4.69) is 10.2 Å². The van der Waals surface area contributed by atoms with Gasteiger partial charge in [-0.2, -0.15) is 0 Å². The molecule has 1 amide bonds. The van der Waals surface area contributed by atoms with Gasteiger partial charge in [0, 0.05) is 13.7 Å². The standard InChI is InChI=1S/C23H26N4O3S/c1-26(21(17-9-4-2-5-10-17)18-11-6-3-7-12-18)20(28)16-31-23-25-24-22(29)27(23)15-19-13-8-14-30-19/h2-7,9-12,19,21H,8,13-16H2,1H3,(H,24,29). The molecule has 0 saturated carbocycles. The van der Waals surface area contributed by atoms with Gasteiger partial charge >= 0.3 is 5.69 Å². The molecule has 7 nitrogen and oxygen atoms in total. The molecule has 4 rings (SSSR count). The zero-order chi connectivity index (χ0) is 21.6. The first-order chi connectivity index (χ1) is 15.1. The van der Waals surface area contributed by atoms with Crippen molar-refractivity contribution in [2.24, 2.45) is 0 Å². The topological polar surface area (TPSA) is 80.2 Å². The van der Waals surface area contributed by atoms with Crippen molar-refractivity contribution in [2.75, 3.05) is 19.4 Å². The van der Waals surface area contributed by atoms with Crippen molar-refractivity contribution >= 4 is 17.7 Å². The average molecular weight is 439 g/mol. The first kappa shape index (κ1) is 21.4. The number of H-pyrrole nitrogens is 1. The van der Waals surface area contributed by atoms with Crippen LogP contribution in [0.2, 0.25) is 0 Å². The number of carbonyl (C=O) groups is 1. The van der Waals surface area contributed by atoms with Crippen molar-refractivity contribution in [3.63, 3.8) is 0 Å². The highest BCUT2D eigenvalue weighted by atomic mass is 32.2. The van der Waals surface area contributed by atoms with E-state index in [1.54, 1.807) is 9.47 Å². The monoisotopic (exact) mass is 438 g/mol. The first-order valence-corrected chi connectivity index (χ1v) is 11.4. The highest BCUT2D eigenvalue weighted by molar-refractivity contribution is 7.99. The first-order valence-electron chi connectivity index (χ1n) is 10.4. The lowest BCUT2D eigenvalue weighted by atomic mass is 9.97. The molecule has 0 spiro atoms. The van der Waals surface area contributed by atoms with E-state index >= 15 is 0 Å². The van der Waals surface area contributed by atoms with Crippen molar-refractivity contribution < 1.29 is 9.53 Å². The molecule has 1 aromatic heterocycles. The van der Waals surface area contributed by atoms with Gasteiger partial charge < -0.3 is 9.64 Å². The number of benzene rings is 2. The smallest absolute Gasteiger partial charge is 0.344 e. The lowest BCUT2D eigenvalue weighted by Crippen LogP contribution is -2.33. The van der Waals surface area contributed by atoms with Crippen LogP contribution in [-0.4, -0.2) is 51.1 Å². The predicted molar refractivity (Wildman–Crippen MR) is 120 cm³/mol. The lowest BCUT2D eigenvalue weighted by Gasteiger charge is -2.29. The van der Waals surface area contributed by atoms with Crippen LogP contribution in [0.5, 0.6) is 0 Å². The fourth-order valence-electron chi connectivity index (χ4n) is 3.85. The van der Waals surface area contributed by atoms with E-state index in [9.17, 15) is 9.59 Å². The number of nitrogens with zero attached hydrogens (tertiary/aromatic N) is 3. The number of hydrogen-bond donors (Lipinski definition) is 1. The summed E-state index contributed by atoms with van der Waals surface area (Å²) in [5.41, 5.74) is 1.82. The maximum Gasteiger partial charge on any atom is 0.344 e. The number of carbonyl (C=O) groups excluding carboxylic acids is 1. The number of thioether (sulfide) groups is 1. The van der Waals surface area contributed by atoms with Crippen LogP contribution in [0.4, 0.5) is 0 Å². The van der Waals surface area contributed by atoms with Crippen molar-refractivity contribution in [3.8, 4) is 0 Å². The number of rotatable bonds is 8. The molecule has 1 atom stereocenters. The van der Waals surface area contributed by atoms with E-state index in [0.29, 0.717) is 11.7 Å². The number of hydrogen-bond acceptors (Lipinski definition) is 5. The Morgan fingerprint density at radius 1 is 1.19 bits per heavy atom. The maximum absolute atomic E-state index is 13.1. The van der Waals surface area contributed by atoms with Gasteiger partial charge in [0.25, 0.3) is 0 Å². The van der Waals surface area contributed by atoms with Crippen LogP contribution in [0.25, 0.3) is 0 Å². The number of aromatic nitrogens is 3. The molecule has 1 unspecified atom stereocenters. The van der Waals surface area contributed by atoms with Gasteiger partial charge in [-0.15, -0.1) is 5.10 Å². The number of aromatic amines is 1. The van der Waals surface area contributed by atoms with Crippen LogP contribution in [-0.2, 0) is 16.1 Å². The number of amides is 1. The SMILES string of the molecule is CN(C(=O)CSc1n[nH]c(=O)n1CC1CCCO1)C(c1ccccc1)c1ccccc1. The van der Waals surface area contributed by atoms with Gasteiger partial charge in [0.15, 0.2) is 5.16 Å².